The van der Waals surface area contributed by atoms with Crippen molar-refractivity contribution in [1.29, 1.82) is 5.46 Å². The number of rotatable bonds is 4. The third-order valence-corrected chi connectivity index (χ3v) is 6.42. The predicted octanol–water partition coefficient (Wildman–Crippen LogP) is 6.88. The van der Waals surface area contributed by atoms with Gasteiger partial charge in [-0.15, -0.1) is 0 Å². The van der Waals surface area contributed by atoms with Crippen LogP contribution in [0.4, 0.5) is 11.4 Å². The van der Waals surface area contributed by atoms with Gasteiger partial charge in [0.2, 0.25) is 0 Å². The number of carbonyl (C=O) groups excluding carboxylic acids is 2. The van der Waals surface area contributed by atoms with Gasteiger partial charge in [0.05, 0.1) is 11.4 Å². The smallest absolute Gasteiger partial charge is 0.265 e. The van der Waals surface area contributed by atoms with Crippen LogP contribution in [0.3, 0.4) is 0 Å². The third kappa shape index (κ3) is 8.44. The molecule has 3 aromatic heterocycles. The van der Waals surface area contributed by atoms with E-state index in [1.807, 2.05) is 92.7 Å². The van der Waals surface area contributed by atoms with E-state index in [1.54, 1.807) is 36.9 Å². The molecule has 9 nitrogen and oxygen atoms in total. The number of hydrogen-bond acceptors (Lipinski definition) is 6. The molecule has 43 heavy (non-hydrogen) atoms. The molecule has 211 valence electrons. The van der Waals surface area contributed by atoms with Crippen molar-refractivity contribution >= 4 is 44.7 Å². The van der Waals surface area contributed by atoms with Gasteiger partial charge >= 0.3 is 29.7 Å². The molecule has 0 spiro atoms. The first-order valence-corrected chi connectivity index (χ1v) is 12.9. The number of aryl methyl sites for hydroxylation is 2. The number of nitrogens with zero attached hydrogens (tertiary/aromatic N) is 4. The Morgan fingerprint density at radius 3 is 1.35 bits per heavy atom. The summed E-state index contributed by atoms with van der Waals surface area (Å²) in [5, 5.41) is 9.60. The zero-order valence-electron chi connectivity index (χ0n) is 23.3. The second-order valence-corrected chi connectivity index (χ2v) is 9.25. The maximum absolute atomic E-state index is 13.0. The monoisotopic (exact) mass is 657 g/mol. The number of amides is 2. The quantitative estimate of drug-likeness (QED) is 0.157. The van der Waals surface area contributed by atoms with Crippen LogP contribution < -0.4 is 10.6 Å². The summed E-state index contributed by atoms with van der Waals surface area (Å²) in [4.78, 5) is 38.4. The largest absolute Gasteiger partial charge is 3.00 e. The molecular weight excluding hydrogens is 629 g/mol. The molecule has 0 unspecified atom stereocenters. The molecule has 6 aromatic rings. The summed E-state index contributed by atoms with van der Waals surface area (Å²) in [5.74, 6) is -0.707. The van der Waals surface area contributed by atoms with Gasteiger partial charge in [-0.2, -0.15) is 0 Å². The van der Waals surface area contributed by atoms with Crippen LogP contribution in [0.25, 0.3) is 21.5 Å². The molecule has 2 N–H and O–H groups in total. The molecule has 1 radical (unpaired) electrons. The minimum absolute atomic E-state index is 0. The van der Waals surface area contributed by atoms with Gasteiger partial charge in [0, 0.05) is 35.6 Å². The standard InChI is InChI=1S/C28H22N4O2.C5H5N.NO.Ru/c1-17-11-23(31-27(33)25-13-19-7-3-5-9-21(19)15-29-25)24(12-18(17)2)32-28(34)26-14-20-8-4-6-10-22(20)16-30-26;1-2-4-6-5-3-1;1-2;/h3-16H,1-2H3,(H,31,33)(H,32,34);1-5H;;/q;;+1;+3. The Morgan fingerprint density at radius 2 is 1.00 bits per heavy atom. The number of hydrogen-bond donors (Lipinski definition) is 2. The Labute approximate surface area is 261 Å². The zero-order chi connectivity index (χ0) is 29.9. The Hall–Kier alpha value is -5.14. The SMILES string of the molecule is Cc1cc(NC(=O)c2cc3ccccc3cn2)c(NC(=O)c2cc3ccccc3cn2)cc1C.N#[O+].[Ru+3].c1ccncc1. The van der Waals surface area contributed by atoms with E-state index in [1.165, 1.54) is 0 Å². The molecule has 2 amide bonds. The van der Waals surface area contributed by atoms with Crippen molar-refractivity contribution in [1.82, 2.24) is 15.0 Å². The number of pyridine rings is 3. The van der Waals surface area contributed by atoms with E-state index in [4.69, 9.17) is 10.2 Å². The Balaban J connectivity index is 0.000000496. The Kier molecular flexibility index (Phi) is 11.9. The maximum atomic E-state index is 13.0. The number of anilines is 2. The van der Waals surface area contributed by atoms with E-state index >= 15 is 0 Å². The molecule has 0 atom stereocenters. The van der Waals surface area contributed by atoms with E-state index in [-0.39, 0.29) is 31.3 Å². The van der Waals surface area contributed by atoms with Gasteiger partial charge in [-0.25, -0.2) is 0 Å². The van der Waals surface area contributed by atoms with Gasteiger partial charge in [0.25, 0.3) is 11.8 Å². The minimum atomic E-state index is -0.353. The second-order valence-electron chi connectivity index (χ2n) is 9.25. The summed E-state index contributed by atoms with van der Waals surface area (Å²) < 4.78 is 7.25. The van der Waals surface area contributed by atoms with Crippen LogP contribution in [-0.2, 0) is 24.3 Å². The van der Waals surface area contributed by atoms with Gasteiger partial charge < -0.3 is 10.6 Å². The summed E-state index contributed by atoms with van der Waals surface area (Å²) in [7, 11) is 0. The molecule has 0 aliphatic heterocycles. The fourth-order valence-corrected chi connectivity index (χ4v) is 4.12. The predicted molar refractivity (Wildman–Crippen MR) is 162 cm³/mol. The molecule has 0 aliphatic rings. The van der Waals surface area contributed by atoms with Crippen molar-refractivity contribution in [2.24, 2.45) is 0 Å². The third-order valence-electron chi connectivity index (χ3n) is 6.42. The van der Waals surface area contributed by atoms with Gasteiger partial charge in [0.1, 0.15) is 11.4 Å². The molecule has 0 saturated carbocycles. The Bertz CT molecular complexity index is 1730. The summed E-state index contributed by atoms with van der Waals surface area (Å²) in [6.45, 7) is 3.91. The molecule has 3 heterocycles. The molecule has 0 bridgehead atoms. The van der Waals surface area contributed by atoms with Gasteiger partial charge in [-0.3, -0.25) is 24.5 Å². The fraction of sp³-hybridized carbons (Fsp3) is 0.0606. The van der Waals surface area contributed by atoms with E-state index in [0.717, 1.165) is 32.7 Å². The first kappa shape index (κ1) is 32.4. The van der Waals surface area contributed by atoms with Crippen LogP contribution >= 0.6 is 0 Å². The van der Waals surface area contributed by atoms with Crippen molar-refractivity contribution in [3.05, 3.63) is 138 Å². The molecule has 6 rings (SSSR count). The van der Waals surface area contributed by atoms with Crippen molar-refractivity contribution in [2.45, 2.75) is 13.8 Å². The van der Waals surface area contributed by atoms with Crippen LogP contribution in [0.15, 0.2) is 116 Å². The van der Waals surface area contributed by atoms with E-state index in [0.29, 0.717) is 22.8 Å². The van der Waals surface area contributed by atoms with Gasteiger partial charge in [-0.05, 0) is 72.1 Å². The summed E-state index contributed by atoms with van der Waals surface area (Å²) >= 11 is 0. The van der Waals surface area contributed by atoms with Crippen LogP contribution in [0.1, 0.15) is 32.1 Å². The molecule has 0 saturated heterocycles. The minimum Gasteiger partial charge on any atom is -0.265 e. The summed E-state index contributed by atoms with van der Waals surface area (Å²) in [5.41, 5.74) is 9.32. The fourth-order valence-electron chi connectivity index (χ4n) is 4.12. The molecule has 0 aliphatic carbocycles. The maximum Gasteiger partial charge on any atom is 3.00 e. The van der Waals surface area contributed by atoms with E-state index in [2.05, 4.69) is 25.6 Å². The van der Waals surface area contributed by atoms with Crippen molar-refractivity contribution in [3.63, 3.8) is 0 Å². The van der Waals surface area contributed by atoms with Crippen molar-refractivity contribution < 1.29 is 33.8 Å². The topological polar surface area (TPSA) is 141 Å². The van der Waals surface area contributed by atoms with Crippen molar-refractivity contribution in [2.75, 3.05) is 10.6 Å². The Morgan fingerprint density at radius 1 is 0.605 bits per heavy atom. The molecular formula is C33H27N6O3Ru+4. The number of benzene rings is 3. The van der Waals surface area contributed by atoms with Crippen LogP contribution in [0, 0.1) is 19.3 Å². The number of aromatic nitrogens is 3. The molecule has 3 aromatic carbocycles. The van der Waals surface area contributed by atoms with Crippen LogP contribution in [0.5, 0.6) is 0 Å². The van der Waals surface area contributed by atoms with Gasteiger partial charge in [-0.1, -0.05) is 54.6 Å². The summed E-state index contributed by atoms with van der Waals surface area (Å²) in [6, 6.07) is 28.4. The number of carbonyl (C=O) groups is 2. The van der Waals surface area contributed by atoms with E-state index in [9.17, 15) is 9.59 Å². The summed E-state index contributed by atoms with van der Waals surface area (Å²) in [6.07, 6.45) is 6.86. The molecule has 10 heteroatoms. The normalized spacial score (nSPS) is 9.77. The number of fused-ring (bicyclic) bond motifs is 2. The first-order chi connectivity index (χ1) is 20.5. The zero-order valence-corrected chi connectivity index (χ0v) is 25.1. The first-order valence-electron chi connectivity index (χ1n) is 12.9. The van der Waals surface area contributed by atoms with Gasteiger partial charge in [0.15, 0.2) is 0 Å². The molecule has 0 fully saturated rings. The van der Waals surface area contributed by atoms with Crippen LogP contribution in [-0.4, -0.2) is 26.8 Å². The average Bonchev–Trinajstić information content (AvgIpc) is 3.05. The van der Waals surface area contributed by atoms with Crippen LogP contribution in [0.2, 0.25) is 0 Å². The second kappa shape index (κ2) is 15.8. The van der Waals surface area contributed by atoms with Crippen molar-refractivity contribution in [3.8, 4) is 0 Å². The van der Waals surface area contributed by atoms with E-state index < -0.39 is 0 Å². The average molecular weight is 657 g/mol. The number of nitrogens with one attached hydrogen (secondary N) is 2.